The topological polar surface area (TPSA) is 26.3 Å². The van der Waals surface area contributed by atoms with Crippen molar-refractivity contribution in [2.75, 3.05) is 0 Å². The van der Waals surface area contributed by atoms with Gasteiger partial charge in [-0.2, -0.15) is 0 Å². The van der Waals surface area contributed by atoms with E-state index in [0.717, 1.165) is 12.8 Å². The summed E-state index contributed by atoms with van der Waals surface area (Å²) >= 11 is 0. The van der Waals surface area contributed by atoms with Gasteiger partial charge in [-0.25, -0.2) is 4.39 Å². The number of ether oxygens (including phenoxy) is 1. The number of carbonyl (C=O) groups is 1. The number of benzene rings is 1. The van der Waals surface area contributed by atoms with E-state index >= 15 is 0 Å². The summed E-state index contributed by atoms with van der Waals surface area (Å²) in [6, 6.07) is 4.34. The van der Waals surface area contributed by atoms with Gasteiger partial charge in [0.1, 0.15) is 0 Å². The van der Waals surface area contributed by atoms with Crippen LogP contribution in [0.3, 0.4) is 0 Å². The van der Waals surface area contributed by atoms with Crippen LogP contribution in [-0.4, -0.2) is 12.4 Å². The first kappa shape index (κ1) is 8.23. The van der Waals surface area contributed by atoms with Crippen molar-refractivity contribution < 1.29 is 13.9 Å². The fourth-order valence-electron chi connectivity index (χ4n) is 1.10. The number of aldehydes is 1. The molecule has 0 aliphatic heterocycles. The molecule has 1 aliphatic carbocycles. The molecule has 0 radical (unpaired) electrons. The lowest BCUT2D eigenvalue weighted by atomic mass is 10.2. The maximum atomic E-state index is 13.1. The zero-order valence-corrected chi connectivity index (χ0v) is 7.00. The standard InChI is InChI=1S/C10H9FO2/c11-9-3-1-2-7(6-12)10(9)13-8-4-5-8/h1-3,6,8H,4-5H2. The van der Waals surface area contributed by atoms with Crippen molar-refractivity contribution in [1.82, 2.24) is 0 Å². The SMILES string of the molecule is O=Cc1cccc(F)c1OC1CC1. The molecular formula is C10H9FO2. The Morgan fingerprint density at radius 3 is 2.85 bits per heavy atom. The Labute approximate surface area is 75.3 Å². The van der Waals surface area contributed by atoms with E-state index in [1.54, 1.807) is 6.07 Å². The smallest absolute Gasteiger partial charge is 0.165 e. The molecule has 0 N–H and O–H groups in total. The highest BCUT2D eigenvalue weighted by Gasteiger charge is 2.25. The molecule has 1 aliphatic rings. The van der Waals surface area contributed by atoms with Gasteiger partial charge in [0.2, 0.25) is 0 Å². The van der Waals surface area contributed by atoms with Gasteiger partial charge < -0.3 is 4.74 Å². The highest BCUT2D eigenvalue weighted by atomic mass is 19.1. The van der Waals surface area contributed by atoms with Crippen LogP contribution in [0.25, 0.3) is 0 Å². The molecule has 2 nitrogen and oxygen atoms in total. The highest BCUT2D eigenvalue weighted by molar-refractivity contribution is 5.79. The molecule has 0 amide bonds. The first-order valence-electron chi connectivity index (χ1n) is 4.21. The van der Waals surface area contributed by atoms with Crippen LogP contribution in [0.1, 0.15) is 23.2 Å². The molecule has 0 atom stereocenters. The van der Waals surface area contributed by atoms with Crippen LogP contribution in [0.15, 0.2) is 18.2 Å². The number of rotatable bonds is 3. The summed E-state index contributed by atoms with van der Waals surface area (Å²) in [5.41, 5.74) is 0.284. The number of carbonyl (C=O) groups excluding carboxylic acids is 1. The number of hydrogen-bond donors (Lipinski definition) is 0. The van der Waals surface area contributed by atoms with Crippen LogP contribution in [0.4, 0.5) is 4.39 Å². The first-order valence-corrected chi connectivity index (χ1v) is 4.21. The molecule has 1 aromatic carbocycles. The second-order valence-corrected chi connectivity index (χ2v) is 3.09. The minimum atomic E-state index is -0.462. The highest BCUT2D eigenvalue weighted by Crippen LogP contribution is 2.30. The molecule has 68 valence electrons. The monoisotopic (exact) mass is 180 g/mol. The van der Waals surface area contributed by atoms with Crippen molar-refractivity contribution in [3.05, 3.63) is 29.6 Å². The Morgan fingerprint density at radius 2 is 2.23 bits per heavy atom. The third kappa shape index (κ3) is 1.69. The Bertz CT molecular complexity index is 332. The van der Waals surface area contributed by atoms with E-state index < -0.39 is 5.82 Å². The van der Waals surface area contributed by atoms with Gasteiger partial charge in [0.05, 0.1) is 11.7 Å². The Morgan fingerprint density at radius 1 is 1.46 bits per heavy atom. The van der Waals surface area contributed by atoms with Crippen molar-refractivity contribution >= 4 is 6.29 Å². The average Bonchev–Trinajstić information content (AvgIpc) is 2.92. The van der Waals surface area contributed by atoms with Crippen LogP contribution < -0.4 is 4.74 Å². The Hall–Kier alpha value is -1.38. The zero-order chi connectivity index (χ0) is 9.26. The van der Waals surface area contributed by atoms with E-state index in [1.165, 1.54) is 12.1 Å². The van der Waals surface area contributed by atoms with Crippen molar-refractivity contribution in [3.63, 3.8) is 0 Å². The second kappa shape index (κ2) is 3.17. The summed E-state index contributed by atoms with van der Waals surface area (Å²) in [6.45, 7) is 0. The van der Waals surface area contributed by atoms with Crippen molar-refractivity contribution in [1.29, 1.82) is 0 Å². The molecule has 13 heavy (non-hydrogen) atoms. The van der Waals surface area contributed by atoms with Gasteiger partial charge in [-0.15, -0.1) is 0 Å². The lowest BCUT2D eigenvalue weighted by Gasteiger charge is -2.07. The summed E-state index contributed by atoms with van der Waals surface area (Å²) in [4.78, 5) is 10.5. The lowest BCUT2D eigenvalue weighted by molar-refractivity contribution is 0.111. The molecule has 1 saturated carbocycles. The zero-order valence-electron chi connectivity index (χ0n) is 7.00. The molecule has 0 heterocycles. The number of halogens is 1. The normalized spacial score (nSPS) is 15.5. The lowest BCUT2D eigenvalue weighted by Crippen LogP contribution is -2.01. The molecule has 0 bridgehead atoms. The van der Waals surface area contributed by atoms with E-state index in [1.807, 2.05) is 0 Å². The third-order valence-electron chi connectivity index (χ3n) is 1.93. The maximum absolute atomic E-state index is 13.1. The van der Waals surface area contributed by atoms with Crippen molar-refractivity contribution in [2.24, 2.45) is 0 Å². The molecule has 2 rings (SSSR count). The van der Waals surface area contributed by atoms with Crippen LogP contribution in [0.2, 0.25) is 0 Å². The first-order chi connectivity index (χ1) is 6.31. The minimum Gasteiger partial charge on any atom is -0.487 e. The molecule has 0 unspecified atom stereocenters. The van der Waals surface area contributed by atoms with Gasteiger partial charge in [-0.05, 0) is 25.0 Å². The molecular weight excluding hydrogens is 171 g/mol. The molecule has 0 aromatic heterocycles. The van der Waals surface area contributed by atoms with Gasteiger partial charge >= 0.3 is 0 Å². The van der Waals surface area contributed by atoms with E-state index in [-0.39, 0.29) is 17.4 Å². The molecule has 1 fully saturated rings. The van der Waals surface area contributed by atoms with Gasteiger partial charge in [0.25, 0.3) is 0 Å². The second-order valence-electron chi connectivity index (χ2n) is 3.09. The molecule has 3 heteroatoms. The van der Waals surface area contributed by atoms with Gasteiger partial charge in [0, 0.05) is 0 Å². The summed E-state index contributed by atoms with van der Waals surface area (Å²) in [5.74, 6) is -0.364. The quantitative estimate of drug-likeness (QED) is 0.666. The maximum Gasteiger partial charge on any atom is 0.165 e. The van der Waals surface area contributed by atoms with Crippen molar-refractivity contribution in [2.45, 2.75) is 18.9 Å². The van der Waals surface area contributed by atoms with Crippen molar-refractivity contribution in [3.8, 4) is 5.75 Å². The molecule has 0 spiro atoms. The van der Waals surface area contributed by atoms with Crippen LogP contribution in [0.5, 0.6) is 5.75 Å². The summed E-state index contributed by atoms with van der Waals surface area (Å²) < 4.78 is 18.4. The molecule has 1 aromatic rings. The molecule has 0 saturated heterocycles. The van der Waals surface area contributed by atoms with Crippen LogP contribution >= 0.6 is 0 Å². The predicted molar refractivity (Wildman–Crippen MR) is 45.4 cm³/mol. The number of para-hydroxylation sites is 1. The summed E-state index contributed by atoms with van der Waals surface area (Å²) in [7, 11) is 0. The minimum absolute atomic E-state index is 0.0972. The fourth-order valence-corrected chi connectivity index (χ4v) is 1.10. The van der Waals surface area contributed by atoms with Gasteiger partial charge in [-0.3, -0.25) is 4.79 Å². The van der Waals surface area contributed by atoms with Gasteiger partial charge in [0.15, 0.2) is 17.9 Å². The fraction of sp³-hybridized carbons (Fsp3) is 0.300. The third-order valence-corrected chi connectivity index (χ3v) is 1.93. The largest absolute Gasteiger partial charge is 0.487 e. The van der Waals surface area contributed by atoms with Crippen LogP contribution in [-0.2, 0) is 0 Å². The van der Waals surface area contributed by atoms with E-state index in [2.05, 4.69) is 0 Å². The average molecular weight is 180 g/mol. The predicted octanol–water partition coefficient (Wildman–Crippen LogP) is 2.18. The summed E-state index contributed by atoms with van der Waals surface area (Å²) in [5, 5.41) is 0. The van der Waals surface area contributed by atoms with Crippen LogP contribution in [0, 0.1) is 5.82 Å². The van der Waals surface area contributed by atoms with E-state index in [9.17, 15) is 9.18 Å². The van der Waals surface area contributed by atoms with Gasteiger partial charge in [-0.1, -0.05) is 6.07 Å². The summed E-state index contributed by atoms with van der Waals surface area (Å²) in [6.07, 6.45) is 2.62. The number of hydrogen-bond acceptors (Lipinski definition) is 2. The Balaban J connectivity index is 2.32. The van der Waals surface area contributed by atoms with E-state index in [0.29, 0.717) is 6.29 Å². The van der Waals surface area contributed by atoms with E-state index in [4.69, 9.17) is 4.74 Å². The Kier molecular flexibility index (Phi) is 2.00.